The van der Waals surface area contributed by atoms with Gasteiger partial charge < -0.3 is 0 Å². The van der Waals surface area contributed by atoms with Gasteiger partial charge in [0.05, 0.1) is 0 Å². The number of aryl methyl sites for hydroxylation is 1. The van der Waals surface area contributed by atoms with Gasteiger partial charge in [0.2, 0.25) is 0 Å². The van der Waals surface area contributed by atoms with Crippen molar-refractivity contribution >= 4 is 11.0 Å². The lowest BCUT2D eigenvalue weighted by molar-refractivity contribution is 0.588. The molecule has 2 aromatic rings. The molecule has 2 heteroatoms. The highest BCUT2D eigenvalue weighted by Crippen LogP contribution is 2.31. The molecule has 0 atom stereocenters. The fourth-order valence-corrected chi connectivity index (χ4v) is 2.23. The molecular weight excluding hydrogens is 196 g/mol. The van der Waals surface area contributed by atoms with E-state index in [-0.39, 0.29) is 5.41 Å². The molecule has 0 aromatic carbocycles. The Morgan fingerprint density at radius 3 is 2.56 bits per heavy atom. The largest absolute Gasteiger partial charge is 0.237 e. The number of nitrogens with zero attached hydrogens (tertiary/aromatic N) is 2. The van der Waals surface area contributed by atoms with E-state index in [1.54, 1.807) is 6.20 Å². The van der Waals surface area contributed by atoms with Gasteiger partial charge in [0, 0.05) is 17.8 Å². The van der Waals surface area contributed by atoms with E-state index in [4.69, 9.17) is 0 Å². The van der Waals surface area contributed by atoms with Crippen LogP contribution in [0.2, 0.25) is 0 Å². The zero-order valence-electron chi connectivity index (χ0n) is 10.4. The lowest BCUT2D eigenvalue weighted by Crippen LogP contribution is -2.15. The number of aromatic nitrogens is 2. The van der Waals surface area contributed by atoms with Crippen molar-refractivity contribution in [3.05, 3.63) is 35.7 Å². The first-order valence-corrected chi connectivity index (χ1v) is 5.77. The van der Waals surface area contributed by atoms with Crippen molar-refractivity contribution in [3.8, 4) is 0 Å². The van der Waals surface area contributed by atoms with Crippen LogP contribution in [0.4, 0.5) is 0 Å². The maximum absolute atomic E-state index is 4.42. The average molecular weight is 214 g/mol. The molecule has 0 unspecified atom stereocenters. The minimum atomic E-state index is 0.134. The molecular formula is C14H18N2. The van der Waals surface area contributed by atoms with Gasteiger partial charge in [-0.05, 0) is 35.1 Å². The Labute approximate surface area is 96.7 Å². The molecule has 0 saturated heterocycles. The van der Waals surface area contributed by atoms with Gasteiger partial charge in [-0.15, -0.1) is 0 Å². The summed E-state index contributed by atoms with van der Waals surface area (Å²) in [7, 11) is 0. The highest BCUT2D eigenvalue weighted by molar-refractivity contribution is 5.80. The zero-order chi connectivity index (χ0) is 11.8. The molecule has 2 heterocycles. The van der Waals surface area contributed by atoms with Crippen LogP contribution in [0.5, 0.6) is 0 Å². The van der Waals surface area contributed by atoms with Crippen LogP contribution < -0.4 is 0 Å². The quantitative estimate of drug-likeness (QED) is 0.726. The summed E-state index contributed by atoms with van der Waals surface area (Å²) in [4.78, 5) is 8.73. The first-order valence-electron chi connectivity index (χ1n) is 5.77. The van der Waals surface area contributed by atoms with Crippen LogP contribution >= 0.6 is 0 Å². The zero-order valence-corrected chi connectivity index (χ0v) is 10.4. The highest BCUT2D eigenvalue weighted by atomic mass is 14.8. The molecule has 0 bridgehead atoms. The van der Waals surface area contributed by atoms with Gasteiger partial charge in [-0.2, -0.15) is 0 Å². The number of rotatable bonds is 1. The molecule has 0 amide bonds. The number of fused-ring (bicyclic) bond motifs is 1. The van der Waals surface area contributed by atoms with Crippen LogP contribution in [0.1, 0.15) is 38.8 Å². The van der Waals surface area contributed by atoms with Crippen LogP contribution in [0.3, 0.4) is 0 Å². The Bertz CT molecular complexity index is 510. The highest BCUT2D eigenvalue weighted by Gasteiger charge is 2.20. The van der Waals surface area contributed by atoms with E-state index in [9.17, 15) is 0 Å². The van der Waals surface area contributed by atoms with Gasteiger partial charge in [0.15, 0.2) is 5.65 Å². The van der Waals surface area contributed by atoms with Crippen molar-refractivity contribution in [2.45, 2.75) is 39.5 Å². The molecule has 0 N–H and O–H groups in total. The van der Waals surface area contributed by atoms with E-state index in [0.29, 0.717) is 0 Å². The Morgan fingerprint density at radius 1 is 1.19 bits per heavy atom. The van der Waals surface area contributed by atoms with Crippen LogP contribution in [0, 0.1) is 0 Å². The van der Waals surface area contributed by atoms with E-state index in [1.165, 1.54) is 16.5 Å². The predicted octanol–water partition coefficient (Wildman–Crippen LogP) is 3.49. The molecule has 0 radical (unpaired) electrons. The minimum absolute atomic E-state index is 0.134. The van der Waals surface area contributed by atoms with Crippen LogP contribution in [0.25, 0.3) is 11.0 Å². The van der Waals surface area contributed by atoms with Crippen molar-refractivity contribution in [1.29, 1.82) is 0 Å². The van der Waals surface area contributed by atoms with Crippen LogP contribution in [-0.4, -0.2) is 9.97 Å². The number of pyridine rings is 2. The normalized spacial score (nSPS) is 12.0. The van der Waals surface area contributed by atoms with E-state index < -0.39 is 0 Å². The summed E-state index contributed by atoms with van der Waals surface area (Å²) in [6.45, 7) is 8.91. The Hall–Kier alpha value is -1.44. The second-order valence-electron chi connectivity index (χ2n) is 5.14. The molecule has 2 aromatic heterocycles. The van der Waals surface area contributed by atoms with Crippen molar-refractivity contribution in [2.24, 2.45) is 0 Å². The molecule has 0 saturated carbocycles. The molecule has 84 valence electrons. The van der Waals surface area contributed by atoms with Crippen molar-refractivity contribution in [3.63, 3.8) is 0 Å². The fraction of sp³-hybridized carbons (Fsp3) is 0.429. The topological polar surface area (TPSA) is 25.8 Å². The third-order valence-corrected chi connectivity index (χ3v) is 2.85. The van der Waals surface area contributed by atoms with Gasteiger partial charge in [-0.1, -0.05) is 27.7 Å². The SMILES string of the molecule is CCc1cnc2ncccc2c1C(C)(C)C. The summed E-state index contributed by atoms with van der Waals surface area (Å²) in [6, 6.07) is 4.10. The molecule has 0 aliphatic carbocycles. The predicted molar refractivity (Wildman–Crippen MR) is 67.6 cm³/mol. The van der Waals surface area contributed by atoms with Crippen LogP contribution in [0.15, 0.2) is 24.5 Å². The van der Waals surface area contributed by atoms with E-state index in [1.807, 2.05) is 12.3 Å². The molecule has 16 heavy (non-hydrogen) atoms. The van der Waals surface area contributed by atoms with Gasteiger partial charge in [-0.25, -0.2) is 9.97 Å². The van der Waals surface area contributed by atoms with Gasteiger partial charge in [-0.3, -0.25) is 0 Å². The van der Waals surface area contributed by atoms with Crippen molar-refractivity contribution in [1.82, 2.24) is 9.97 Å². The summed E-state index contributed by atoms with van der Waals surface area (Å²) in [6.07, 6.45) is 4.79. The maximum atomic E-state index is 4.42. The Balaban J connectivity index is 2.84. The Kier molecular flexibility index (Phi) is 2.66. The van der Waals surface area contributed by atoms with Crippen molar-refractivity contribution < 1.29 is 0 Å². The smallest absolute Gasteiger partial charge is 0.159 e. The second kappa shape index (κ2) is 3.85. The lowest BCUT2D eigenvalue weighted by atomic mass is 9.82. The summed E-state index contributed by atoms with van der Waals surface area (Å²) < 4.78 is 0. The summed E-state index contributed by atoms with van der Waals surface area (Å²) in [5.41, 5.74) is 3.70. The third-order valence-electron chi connectivity index (χ3n) is 2.85. The Morgan fingerprint density at radius 2 is 1.94 bits per heavy atom. The summed E-state index contributed by atoms with van der Waals surface area (Å²) in [5, 5.41) is 1.19. The summed E-state index contributed by atoms with van der Waals surface area (Å²) in [5.74, 6) is 0. The van der Waals surface area contributed by atoms with Gasteiger partial charge in [0.1, 0.15) is 0 Å². The van der Waals surface area contributed by atoms with E-state index in [2.05, 4.69) is 43.7 Å². The minimum Gasteiger partial charge on any atom is -0.237 e. The maximum Gasteiger partial charge on any atom is 0.159 e. The number of hydrogen-bond donors (Lipinski definition) is 0. The van der Waals surface area contributed by atoms with Crippen molar-refractivity contribution in [2.75, 3.05) is 0 Å². The van der Waals surface area contributed by atoms with E-state index in [0.717, 1.165) is 12.1 Å². The van der Waals surface area contributed by atoms with Crippen LogP contribution in [-0.2, 0) is 11.8 Å². The standard InChI is InChI=1S/C14H18N2/c1-5-10-9-16-13-11(7-6-8-15-13)12(10)14(2,3)4/h6-9H,5H2,1-4H3. The first kappa shape index (κ1) is 11.1. The second-order valence-corrected chi connectivity index (χ2v) is 5.14. The van der Waals surface area contributed by atoms with E-state index >= 15 is 0 Å². The fourth-order valence-electron chi connectivity index (χ4n) is 2.23. The summed E-state index contributed by atoms with van der Waals surface area (Å²) >= 11 is 0. The molecule has 0 aliphatic rings. The van der Waals surface area contributed by atoms with Gasteiger partial charge >= 0.3 is 0 Å². The number of hydrogen-bond acceptors (Lipinski definition) is 2. The average Bonchev–Trinajstić information content (AvgIpc) is 2.26. The monoisotopic (exact) mass is 214 g/mol. The third kappa shape index (κ3) is 1.80. The molecule has 0 fully saturated rings. The lowest BCUT2D eigenvalue weighted by Gasteiger charge is -2.24. The molecule has 0 spiro atoms. The molecule has 2 nitrogen and oxygen atoms in total. The van der Waals surface area contributed by atoms with Gasteiger partial charge in [0.25, 0.3) is 0 Å². The first-order chi connectivity index (χ1) is 7.54. The molecule has 0 aliphatic heterocycles. The molecule has 2 rings (SSSR count).